The number of nitrogens with zero attached hydrogens (tertiary/aromatic N) is 4. The fourth-order valence-corrected chi connectivity index (χ4v) is 3.55. The van der Waals surface area contributed by atoms with Crippen molar-refractivity contribution in [1.29, 1.82) is 0 Å². The van der Waals surface area contributed by atoms with E-state index < -0.39 is 0 Å². The number of pyridine rings is 1. The first-order valence-corrected chi connectivity index (χ1v) is 9.04. The average Bonchev–Trinajstić information content (AvgIpc) is 3.51. The number of hydrogen-bond acceptors (Lipinski definition) is 4. The van der Waals surface area contributed by atoms with Crippen molar-refractivity contribution in [2.24, 2.45) is 4.99 Å². The molecule has 0 unspecified atom stereocenters. The number of rotatable bonds is 4. The second kappa shape index (κ2) is 6.72. The highest BCUT2D eigenvalue weighted by Gasteiger charge is 2.24. The number of aromatic amines is 1. The van der Waals surface area contributed by atoms with Crippen molar-refractivity contribution in [2.75, 3.05) is 0 Å². The van der Waals surface area contributed by atoms with E-state index in [4.69, 9.17) is 4.98 Å². The molecular weight excluding hydrogens is 366 g/mol. The molecule has 0 fully saturated rings. The molecule has 0 spiro atoms. The first-order valence-electron chi connectivity index (χ1n) is 9.04. The van der Waals surface area contributed by atoms with Crippen molar-refractivity contribution < 1.29 is 4.92 Å². The van der Waals surface area contributed by atoms with E-state index in [1.165, 1.54) is 6.07 Å². The van der Waals surface area contributed by atoms with Crippen LogP contribution in [0.25, 0.3) is 22.5 Å². The zero-order valence-corrected chi connectivity index (χ0v) is 15.2. The maximum Gasteiger partial charge on any atom is 0.280 e. The second-order valence-electron chi connectivity index (χ2n) is 6.50. The average molecular weight is 381 g/mol. The summed E-state index contributed by atoms with van der Waals surface area (Å²) in [4.78, 5) is 23.8. The van der Waals surface area contributed by atoms with Crippen LogP contribution in [0.4, 0.5) is 5.69 Å². The van der Waals surface area contributed by atoms with Gasteiger partial charge in [0.25, 0.3) is 5.69 Å². The molecule has 0 radical (unpaired) electrons. The van der Waals surface area contributed by atoms with Gasteiger partial charge >= 0.3 is 0 Å². The van der Waals surface area contributed by atoms with Crippen LogP contribution in [0.15, 0.2) is 89.8 Å². The number of aliphatic imine (C=N–C) groups is 1. The summed E-state index contributed by atoms with van der Waals surface area (Å²) in [7, 11) is 0. The van der Waals surface area contributed by atoms with Gasteiger partial charge in [-0.3, -0.25) is 19.5 Å². The van der Waals surface area contributed by atoms with Gasteiger partial charge in [0.05, 0.1) is 27.3 Å². The van der Waals surface area contributed by atoms with E-state index in [-0.39, 0.29) is 10.6 Å². The van der Waals surface area contributed by atoms with Crippen molar-refractivity contribution in [3.63, 3.8) is 0 Å². The topological polar surface area (TPSA) is 88.6 Å². The molecule has 0 amide bonds. The highest BCUT2D eigenvalue weighted by molar-refractivity contribution is 5.92. The molecule has 0 atom stereocenters. The minimum absolute atomic E-state index is 0.0164. The molecule has 0 bridgehead atoms. The molecule has 0 aliphatic carbocycles. The molecule has 0 saturated carbocycles. The number of fused-ring (bicyclic) bond motifs is 1. The fraction of sp³-hybridized carbons (Fsp3) is 0. The minimum Gasteiger partial charge on any atom is -0.361 e. The lowest BCUT2D eigenvalue weighted by Crippen LogP contribution is -1.95. The number of hydrogen-bond donors (Lipinski definition) is 1. The van der Waals surface area contributed by atoms with Gasteiger partial charge in [0.1, 0.15) is 5.69 Å². The van der Waals surface area contributed by atoms with Crippen LogP contribution in [-0.2, 0) is 0 Å². The molecule has 1 N–H and O–H groups in total. The van der Waals surface area contributed by atoms with Gasteiger partial charge in [0.15, 0.2) is 5.82 Å². The predicted octanol–water partition coefficient (Wildman–Crippen LogP) is 4.64. The van der Waals surface area contributed by atoms with E-state index in [9.17, 15) is 10.1 Å². The lowest BCUT2D eigenvalue weighted by molar-refractivity contribution is -0.384. The van der Waals surface area contributed by atoms with E-state index in [1.807, 2.05) is 59.3 Å². The van der Waals surface area contributed by atoms with Crippen LogP contribution in [0.5, 0.6) is 0 Å². The largest absolute Gasteiger partial charge is 0.361 e. The second-order valence-corrected chi connectivity index (χ2v) is 6.50. The molecule has 140 valence electrons. The zero-order valence-electron chi connectivity index (χ0n) is 15.2. The predicted molar refractivity (Wildman–Crippen MR) is 112 cm³/mol. The van der Waals surface area contributed by atoms with E-state index in [2.05, 4.69) is 9.98 Å². The summed E-state index contributed by atoms with van der Waals surface area (Å²) >= 11 is 0. The summed E-state index contributed by atoms with van der Waals surface area (Å²) in [6.07, 6.45) is 9.25. The SMILES string of the molecule is O=[N+]([O-])c1ccccc1-c1nc(/C(=C2/C=CC=N2)c2ccc[nH]2)c2ccccn12. The number of H-pyrrole nitrogens is 1. The summed E-state index contributed by atoms with van der Waals surface area (Å²) in [5, 5.41) is 11.6. The van der Waals surface area contributed by atoms with Crippen molar-refractivity contribution in [2.45, 2.75) is 0 Å². The number of allylic oxidation sites excluding steroid dienone is 2. The molecule has 5 rings (SSSR count). The number of para-hydroxylation sites is 1. The Kier molecular flexibility index (Phi) is 3.91. The van der Waals surface area contributed by atoms with E-state index >= 15 is 0 Å². The van der Waals surface area contributed by atoms with Crippen LogP contribution in [0.2, 0.25) is 0 Å². The standard InChI is InChI=1S/C22H15N5O2/c28-27(29)18-10-2-1-7-15(18)22-25-21(19-11-3-4-14-26(19)22)20(16-8-5-12-23-16)17-9-6-13-24-17/h1-14,23H/b20-17-. The normalized spacial score (nSPS) is 14.6. The lowest BCUT2D eigenvalue weighted by atomic mass is 10.1. The van der Waals surface area contributed by atoms with Gasteiger partial charge in [-0.15, -0.1) is 0 Å². The molecule has 1 aliphatic rings. The molecule has 1 aromatic carbocycles. The van der Waals surface area contributed by atoms with Crippen LogP contribution >= 0.6 is 0 Å². The number of aromatic nitrogens is 3. The van der Waals surface area contributed by atoms with Crippen molar-refractivity contribution in [3.8, 4) is 11.4 Å². The number of nitro groups is 1. The van der Waals surface area contributed by atoms with E-state index in [0.717, 1.165) is 22.5 Å². The van der Waals surface area contributed by atoms with Gasteiger partial charge in [-0.2, -0.15) is 0 Å². The van der Waals surface area contributed by atoms with Crippen LogP contribution in [-0.4, -0.2) is 25.5 Å². The van der Waals surface area contributed by atoms with Crippen LogP contribution < -0.4 is 0 Å². The number of nitrogens with one attached hydrogen (secondary N) is 1. The molecule has 1 aliphatic heterocycles. The summed E-state index contributed by atoms with van der Waals surface area (Å²) in [6.45, 7) is 0. The Bertz CT molecular complexity index is 1310. The maximum absolute atomic E-state index is 11.6. The summed E-state index contributed by atoms with van der Waals surface area (Å²) in [6, 6.07) is 16.3. The van der Waals surface area contributed by atoms with Gasteiger partial charge in [0.2, 0.25) is 0 Å². The van der Waals surface area contributed by atoms with Crippen molar-refractivity contribution in [1.82, 2.24) is 14.4 Å². The molecule has 3 aromatic heterocycles. The zero-order chi connectivity index (χ0) is 19.8. The summed E-state index contributed by atoms with van der Waals surface area (Å²) in [5.41, 5.74) is 4.53. The lowest BCUT2D eigenvalue weighted by Gasteiger charge is -2.06. The molecule has 4 aromatic rings. The Morgan fingerprint density at radius 3 is 2.69 bits per heavy atom. The Morgan fingerprint density at radius 1 is 1.07 bits per heavy atom. The van der Waals surface area contributed by atoms with Gasteiger partial charge in [-0.05, 0) is 42.5 Å². The molecular formula is C22H15N5O2. The third kappa shape index (κ3) is 2.76. The van der Waals surface area contributed by atoms with Crippen LogP contribution in [0.1, 0.15) is 11.4 Å². The van der Waals surface area contributed by atoms with Gasteiger partial charge in [0, 0.05) is 30.4 Å². The molecule has 7 nitrogen and oxygen atoms in total. The first-order chi connectivity index (χ1) is 14.2. The molecule has 0 saturated heterocycles. The minimum atomic E-state index is -0.382. The first kappa shape index (κ1) is 16.9. The van der Waals surface area contributed by atoms with Gasteiger partial charge < -0.3 is 4.98 Å². The van der Waals surface area contributed by atoms with Crippen molar-refractivity contribution >= 4 is 23.0 Å². The smallest absolute Gasteiger partial charge is 0.280 e. The molecule has 29 heavy (non-hydrogen) atoms. The van der Waals surface area contributed by atoms with Gasteiger partial charge in [-0.25, -0.2) is 4.98 Å². The van der Waals surface area contributed by atoms with Gasteiger partial charge in [-0.1, -0.05) is 18.2 Å². The van der Waals surface area contributed by atoms with E-state index in [0.29, 0.717) is 17.1 Å². The summed E-state index contributed by atoms with van der Waals surface area (Å²) in [5.74, 6) is 0.513. The number of nitro benzene ring substituents is 1. The quantitative estimate of drug-likeness (QED) is 0.413. The molecule has 7 heteroatoms. The summed E-state index contributed by atoms with van der Waals surface area (Å²) < 4.78 is 1.88. The Balaban J connectivity index is 1.84. The number of benzene rings is 1. The highest BCUT2D eigenvalue weighted by Crippen LogP contribution is 2.36. The highest BCUT2D eigenvalue weighted by atomic mass is 16.6. The Hall–Kier alpha value is -4.26. The number of imidazole rings is 1. The van der Waals surface area contributed by atoms with Crippen molar-refractivity contribution in [3.05, 3.63) is 106 Å². The van der Waals surface area contributed by atoms with Crippen LogP contribution in [0.3, 0.4) is 0 Å². The third-order valence-electron chi connectivity index (χ3n) is 4.80. The third-order valence-corrected chi connectivity index (χ3v) is 4.80. The maximum atomic E-state index is 11.6. The molecule has 4 heterocycles. The monoisotopic (exact) mass is 381 g/mol. The Morgan fingerprint density at radius 2 is 1.93 bits per heavy atom. The van der Waals surface area contributed by atoms with Crippen LogP contribution in [0, 0.1) is 10.1 Å². The fourth-order valence-electron chi connectivity index (χ4n) is 3.55. The Labute approximate surface area is 165 Å². The van der Waals surface area contributed by atoms with E-state index in [1.54, 1.807) is 24.4 Å².